The van der Waals surface area contributed by atoms with Crippen LogP contribution in [0.4, 0.5) is 5.95 Å². The Morgan fingerprint density at radius 1 is 1.36 bits per heavy atom. The van der Waals surface area contributed by atoms with Crippen LogP contribution in [0.3, 0.4) is 0 Å². The van der Waals surface area contributed by atoms with Crippen LogP contribution in [0, 0.1) is 0 Å². The number of ether oxygens (including phenoxy) is 1. The van der Waals surface area contributed by atoms with Gasteiger partial charge in [-0.3, -0.25) is 4.79 Å². The molecule has 0 N–H and O–H groups in total. The predicted octanol–water partition coefficient (Wildman–Crippen LogP) is 1.33. The number of carbonyl (C=O) groups is 1. The first-order valence-corrected chi connectivity index (χ1v) is 8.62. The van der Waals surface area contributed by atoms with E-state index in [2.05, 4.69) is 14.9 Å². The molecule has 132 valence electrons. The predicted molar refractivity (Wildman–Crippen MR) is 93.5 cm³/mol. The number of nitrogens with zero attached hydrogens (tertiary/aromatic N) is 5. The van der Waals surface area contributed by atoms with Crippen molar-refractivity contribution in [1.82, 2.24) is 19.4 Å². The van der Waals surface area contributed by atoms with E-state index in [0.29, 0.717) is 19.1 Å². The zero-order chi connectivity index (χ0) is 17.4. The van der Waals surface area contributed by atoms with Crippen LogP contribution in [-0.2, 0) is 11.8 Å². The highest BCUT2D eigenvalue weighted by molar-refractivity contribution is 5.93. The highest BCUT2D eigenvalue weighted by Gasteiger charge is 2.48. The number of likely N-dealkylation sites (tertiary alicyclic amines) is 1. The van der Waals surface area contributed by atoms with Gasteiger partial charge in [-0.1, -0.05) is 0 Å². The van der Waals surface area contributed by atoms with Crippen LogP contribution in [0.1, 0.15) is 23.3 Å². The van der Waals surface area contributed by atoms with Crippen LogP contribution in [0.2, 0.25) is 0 Å². The molecule has 2 aliphatic heterocycles. The molecule has 1 amide bonds. The van der Waals surface area contributed by atoms with Gasteiger partial charge in [0.15, 0.2) is 0 Å². The quantitative estimate of drug-likeness (QED) is 0.843. The van der Waals surface area contributed by atoms with Crippen LogP contribution < -0.4 is 4.90 Å². The number of carbonyl (C=O) groups excluding carboxylic acids is 1. The lowest BCUT2D eigenvalue weighted by molar-refractivity contribution is 0.0122. The lowest BCUT2D eigenvalue weighted by Crippen LogP contribution is -2.38. The van der Waals surface area contributed by atoms with E-state index in [1.54, 1.807) is 12.4 Å². The van der Waals surface area contributed by atoms with E-state index in [-0.39, 0.29) is 17.6 Å². The Hall–Kier alpha value is -2.41. The maximum Gasteiger partial charge on any atom is 0.270 e. The normalized spacial score (nSPS) is 25.7. The summed E-state index contributed by atoms with van der Waals surface area (Å²) in [5, 5.41) is 0. The molecule has 2 saturated heterocycles. The van der Waals surface area contributed by atoms with Gasteiger partial charge in [-0.25, -0.2) is 9.97 Å². The molecular formula is C18H23N5O2. The van der Waals surface area contributed by atoms with Crippen molar-refractivity contribution >= 4 is 11.9 Å². The van der Waals surface area contributed by atoms with E-state index in [1.807, 2.05) is 48.0 Å². The van der Waals surface area contributed by atoms with Crippen molar-refractivity contribution in [3.8, 4) is 0 Å². The molecule has 0 saturated carbocycles. The molecule has 2 aliphatic rings. The highest BCUT2D eigenvalue weighted by Crippen LogP contribution is 2.37. The topological polar surface area (TPSA) is 63.5 Å². The van der Waals surface area contributed by atoms with Gasteiger partial charge >= 0.3 is 0 Å². The molecule has 7 nitrogen and oxygen atoms in total. The second-order valence-electron chi connectivity index (χ2n) is 6.99. The summed E-state index contributed by atoms with van der Waals surface area (Å²) >= 11 is 0. The molecule has 0 bridgehead atoms. The first-order valence-electron chi connectivity index (χ1n) is 8.62. The van der Waals surface area contributed by atoms with Gasteiger partial charge in [0.1, 0.15) is 5.69 Å². The Morgan fingerprint density at radius 2 is 2.16 bits per heavy atom. The summed E-state index contributed by atoms with van der Waals surface area (Å²) in [6, 6.07) is 5.81. The van der Waals surface area contributed by atoms with E-state index in [1.165, 1.54) is 0 Å². The zero-order valence-electron chi connectivity index (χ0n) is 14.6. The van der Waals surface area contributed by atoms with Gasteiger partial charge in [-0.2, -0.15) is 0 Å². The van der Waals surface area contributed by atoms with Crippen LogP contribution in [0.25, 0.3) is 0 Å². The van der Waals surface area contributed by atoms with Gasteiger partial charge in [0.05, 0.1) is 24.8 Å². The number of anilines is 1. The molecule has 0 aromatic carbocycles. The van der Waals surface area contributed by atoms with Crippen molar-refractivity contribution in [2.45, 2.75) is 24.5 Å². The van der Waals surface area contributed by atoms with E-state index in [4.69, 9.17) is 4.74 Å². The van der Waals surface area contributed by atoms with Crippen LogP contribution >= 0.6 is 0 Å². The molecule has 0 unspecified atom stereocenters. The first-order chi connectivity index (χ1) is 12.1. The van der Waals surface area contributed by atoms with Crippen molar-refractivity contribution in [3.63, 3.8) is 0 Å². The number of aryl methyl sites for hydroxylation is 1. The molecule has 7 heteroatoms. The third kappa shape index (κ3) is 2.89. The molecule has 4 rings (SSSR count). The van der Waals surface area contributed by atoms with Crippen molar-refractivity contribution in [2.75, 3.05) is 31.6 Å². The Kier molecular flexibility index (Phi) is 3.95. The average Bonchev–Trinajstić information content (AvgIpc) is 3.36. The summed E-state index contributed by atoms with van der Waals surface area (Å²) in [5.41, 5.74) is 0.482. The zero-order valence-corrected chi connectivity index (χ0v) is 14.6. The van der Waals surface area contributed by atoms with Gasteiger partial charge in [0.2, 0.25) is 5.95 Å². The summed E-state index contributed by atoms with van der Waals surface area (Å²) in [4.78, 5) is 25.4. The number of amides is 1. The Labute approximate surface area is 147 Å². The molecule has 2 aromatic rings. The van der Waals surface area contributed by atoms with Gasteiger partial charge in [0, 0.05) is 45.7 Å². The summed E-state index contributed by atoms with van der Waals surface area (Å²) in [6.45, 7) is 2.03. The maximum atomic E-state index is 12.7. The lowest BCUT2D eigenvalue weighted by atomic mass is 9.97. The number of hydrogen-bond acceptors (Lipinski definition) is 5. The second-order valence-corrected chi connectivity index (χ2v) is 6.99. The molecule has 2 atom stereocenters. The van der Waals surface area contributed by atoms with E-state index < -0.39 is 0 Å². The molecular weight excluding hydrogens is 318 g/mol. The minimum absolute atomic E-state index is 0.0798. The highest BCUT2D eigenvalue weighted by atomic mass is 16.5. The van der Waals surface area contributed by atoms with E-state index in [9.17, 15) is 4.79 Å². The monoisotopic (exact) mass is 341 g/mol. The van der Waals surface area contributed by atoms with Gasteiger partial charge in [-0.15, -0.1) is 0 Å². The molecule has 2 fully saturated rings. The second kappa shape index (κ2) is 6.15. The maximum absolute atomic E-state index is 12.7. The third-order valence-corrected chi connectivity index (χ3v) is 5.37. The molecule has 0 radical (unpaired) electrons. The standard InChI is InChI=1S/C18H23N5O2/c1-21-9-3-5-15(21)16(24)23-10-6-18(13-23)11-14(12-25-18)22(2)17-19-7-4-8-20-17/h3-5,7-9,14H,6,10-13H2,1-2H3/t14-,18+/m0/s1. The molecule has 25 heavy (non-hydrogen) atoms. The summed E-state index contributed by atoms with van der Waals surface area (Å²) < 4.78 is 8.05. The summed E-state index contributed by atoms with van der Waals surface area (Å²) in [7, 11) is 3.90. The van der Waals surface area contributed by atoms with Gasteiger partial charge in [-0.05, 0) is 24.6 Å². The number of hydrogen-bond donors (Lipinski definition) is 0. The smallest absolute Gasteiger partial charge is 0.270 e. The molecule has 1 spiro atoms. The molecule has 4 heterocycles. The van der Waals surface area contributed by atoms with Crippen LogP contribution in [-0.4, -0.2) is 63.7 Å². The Bertz CT molecular complexity index is 762. The number of aromatic nitrogens is 3. The van der Waals surface area contributed by atoms with Crippen molar-refractivity contribution in [3.05, 3.63) is 42.5 Å². The Balaban J connectivity index is 1.43. The number of likely N-dealkylation sites (N-methyl/N-ethyl adjacent to an activating group) is 1. The van der Waals surface area contributed by atoms with Gasteiger partial charge in [0.25, 0.3) is 5.91 Å². The fraction of sp³-hybridized carbons (Fsp3) is 0.500. The van der Waals surface area contributed by atoms with E-state index in [0.717, 1.165) is 25.1 Å². The largest absolute Gasteiger partial charge is 0.371 e. The van der Waals surface area contributed by atoms with Crippen molar-refractivity contribution in [2.24, 2.45) is 7.05 Å². The first kappa shape index (κ1) is 16.1. The minimum atomic E-state index is -0.242. The van der Waals surface area contributed by atoms with Gasteiger partial charge < -0.3 is 19.1 Å². The summed E-state index contributed by atoms with van der Waals surface area (Å²) in [6.07, 6.45) is 7.16. The van der Waals surface area contributed by atoms with E-state index >= 15 is 0 Å². The summed E-state index contributed by atoms with van der Waals surface area (Å²) in [5.74, 6) is 0.791. The fourth-order valence-electron chi connectivity index (χ4n) is 3.85. The fourth-order valence-corrected chi connectivity index (χ4v) is 3.85. The number of rotatable bonds is 3. The molecule has 2 aromatic heterocycles. The van der Waals surface area contributed by atoms with Crippen molar-refractivity contribution < 1.29 is 9.53 Å². The SMILES string of the molecule is CN(c1ncccn1)[C@@H]1CO[C@]2(CCN(C(=O)c3cccn3C)C2)C1. The molecule has 0 aliphatic carbocycles. The lowest BCUT2D eigenvalue weighted by Gasteiger charge is -2.26. The van der Waals surface area contributed by atoms with Crippen molar-refractivity contribution in [1.29, 1.82) is 0 Å². The Morgan fingerprint density at radius 3 is 2.88 bits per heavy atom. The minimum Gasteiger partial charge on any atom is -0.371 e. The van der Waals surface area contributed by atoms with Crippen LogP contribution in [0.15, 0.2) is 36.8 Å². The average molecular weight is 341 g/mol. The third-order valence-electron chi connectivity index (χ3n) is 5.37. The van der Waals surface area contributed by atoms with Crippen LogP contribution in [0.5, 0.6) is 0 Å².